The molecule has 2 unspecified atom stereocenters. The lowest BCUT2D eigenvalue weighted by molar-refractivity contribution is -0.139. The first-order valence-corrected chi connectivity index (χ1v) is 4.87. The smallest absolute Gasteiger partial charge is 0.303 e. The molecule has 0 aliphatic heterocycles. The van der Waals surface area contributed by atoms with Crippen LogP contribution in [0.4, 0.5) is 13.2 Å². The fraction of sp³-hybridized carbons (Fsp3) is 0.364. The van der Waals surface area contributed by atoms with Gasteiger partial charge in [0.2, 0.25) is 0 Å². The topological polar surface area (TPSA) is 57.5 Å². The Morgan fingerprint density at radius 3 is 2.18 bits per heavy atom. The number of aliphatic hydroxyl groups excluding tert-OH is 1. The molecule has 17 heavy (non-hydrogen) atoms. The molecule has 0 spiro atoms. The van der Waals surface area contributed by atoms with Crippen molar-refractivity contribution in [1.29, 1.82) is 0 Å². The Labute approximate surface area is 95.5 Å². The van der Waals surface area contributed by atoms with Crippen molar-refractivity contribution in [2.24, 2.45) is 5.92 Å². The van der Waals surface area contributed by atoms with Gasteiger partial charge in [-0.05, 0) is 23.6 Å². The van der Waals surface area contributed by atoms with Gasteiger partial charge in [0.05, 0.1) is 12.5 Å². The van der Waals surface area contributed by atoms with Gasteiger partial charge in [-0.1, -0.05) is 6.92 Å². The summed E-state index contributed by atoms with van der Waals surface area (Å²) < 4.78 is 38.4. The van der Waals surface area contributed by atoms with Crippen LogP contribution in [0.5, 0.6) is 0 Å². The number of rotatable bonds is 4. The van der Waals surface area contributed by atoms with Gasteiger partial charge in [0, 0.05) is 0 Å². The van der Waals surface area contributed by atoms with Gasteiger partial charge >= 0.3 is 5.97 Å². The molecule has 2 atom stereocenters. The van der Waals surface area contributed by atoms with Crippen molar-refractivity contribution in [3.05, 3.63) is 35.1 Å². The van der Waals surface area contributed by atoms with Crippen LogP contribution in [0, 0.1) is 23.4 Å². The molecule has 0 aliphatic carbocycles. The van der Waals surface area contributed by atoms with Gasteiger partial charge in [-0.15, -0.1) is 0 Å². The lowest BCUT2D eigenvalue weighted by Gasteiger charge is -2.17. The third-order valence-corrected chi connectivity index (χ3v) is 2.38. The Hall–Kier alpha value is -1.56. The fourth-order valence-electron chi connectivity index (χ4n) is 1.46. The standard InChI is InChI=1S/C11H11F3O3/c1-5(2-9(15)16)11(17)6-3-7(12)10(14)8(13)4-6/h3-5,11,17H,2H2,1H3,(H,15,16). The van der Waals surface area contributed by atoms with E-state index in [0.29, 0.717) is 12.1 Å². The predicted molar refractivity (Wildman–Crippen MR) is 52.7 cm³/mol. The highest BCUT2D eigenvalue weighted by Crippen LogP contribution is 2.26. The predicted octanol–water partition coefficient (Wildman–Crippen LogP) is 2.25. The summed E-state index contributed by atoms with van der Waals surface area (Å²) in [4.78, 5) is 10.4. The molecule has 0 radical (unpaired) electrons. The van der Waals surface area contributed by atoms with Crippen LogP contribution >= 0.6 is 0 Å². The highest BCUT2D eigenvalue weighted by Gasteiger charge is 2.22. The van der Waals surface area contributed by atoms with Crippen molar-refractivity contribution >= 4 is 5.97 Å². The van der Waals surface area contributed by atoms with Gasteiger partial charge in [-0.2, -0.15) is 0 Å². The van der Waals surface area contributed by atoms with E-state index in [1.54, 1.807) is 0 Å². The van der Waals surface area contributed by atoms with Crippen LogP contribution in [0.25, 0.3) is 0 Å². The van der Waals surface area contributed by atoms with Crippen LogP contribution in [-0.2, 0) is 4.79 Å². The molecule has 1 rings (SSSR count). The summed E-state index contributed by atoms with van der Waals surface area (Å²) >= 11 is 0. The Morgan fingerprint density at radius 1 is 1.29 bits per heavy atom. The summed E-state index contributed by atoms with van der Waals surface area (Å²) in [5.74, 6) is -6.33. The average Bonchev–Trinajstić information content (AvgIpc) is 2.23. The normalized spacial score (nSPS) is 14.4. The maximum Gasteiger partial charge on any atom is 0.303 e. The van der Waals surface area contributed by atoms with Crippen LogP contribution in [0.3, 0.4) is 0 Å². The maximum absolute atomic E-state index is 12.9. The molecule has 1 aromatic carbocycles. The Morgan fingerprint density at radius 2 is 1.76 bits per heavy atom. The van der Waals surface area contributed by atoms with E-state index in [1.165, 1.54) is 6.92 Å². The largest absolute Gasteiger partial charge is 0.481 e. The van der Waals surface area contributed by atoms with Crippen LogP contribution in [0.2, 0.25) is 0 Å². The van der Waals surface area contributed by atoms with Crippen LogP contribution in [-0.4, -0.2) is 16.2 Å². The first-order chi connectivity index (χ1) is 7.82. The number of hydrogen-bond donors (Lipinski definition) is 2. The van der Waals surface area contributed by atoms with Crippen molar-refractivity contribution in [3.8, 4) is 0 Å². The zero-order chi connectivity index (χ0) is 13.2. The number of hydrogen-bond acceptors (Lipinski definition) is 2. The van der Waals surface area contributed by atoms with Crippen LogP contribution in [0.1, 0.15) is 25.0 Å². The molecule has 0 heterocycles. The van der Waals surface area contributed by atoms with Crippen molar-refractivity contribution < 1.29 is 28.2 Å². The first-order valence-electron chi connectivity index (χ1n) is 4.87. The second-order valence-electron chi connectivity index (χ2n) is 3.82. The van der Waals surface area contributed by atoms with Crippen LogP contribution in [0.15, 0.2) is 12.1 Å². The minimum atomic E-state index is -1.62. The van der Waals surface area contributed by atoms with E-state index in [0.717, 1.165) is 0 Å². The number of carboxylic acids is 1. The summed E-state index contributed by atoms with van der Waals surface area (Å²) in [6.07, 6.45) is -1.72. The van der Waals surface area contributed by atoms with Crippen molar-refractivity contribution in [2.45, 2.75) is 19.4 Å². The molecule has 0 bridgehead atoms. The van der Waals surface area contributed by atoms with Crippen molar-refractivity contribution in [1.82, 2.24) is 0 Å². The van der Waals surface area contributed by atoms with E-state index in [4.69, 9.17) is 5.11 Å². The minimum Gasteiger partial charge on any atom is -0.481 e. The van der Waals surface area contributed by atoms with E-state index < -0.39 is 35.4 Å². The van der Waals surface area contributed by atoms with E-state index in [-0.39, 0.29) is 12.0 Å². The number of benzene rings is 1. The van der Waals surface area contributed by atoms with E-state index in [1.807, 2.05) is 0 Å². The number of carbonyl (C=O) groups is 1. The monoisotopic (exact) mass is 248 g/mol. The van der Waals surface area contributed by atoms with Gasteiger partial charge in [0.15, 0.2) is 17.5 Å². The molecule has 2 N–H and O–H groups in total. The van der Waals surface area contributed by atoms with Gasteiger partial charge in [-0.3, -0.25) is 4.79 Å². The molecule has 1 aromatic rings. The lowest BCUT2D eigenvalue weighted by Crippen LogP contribution is -2.14. The minimum absolute atomic E-state index is 0.185. The Bertz CT molecular complexity index is 411. The Balaban J connectivity index is 2.96. The molecule has 0 fully saturated rings. The molecule has 0 saturated heterocycles. The van der Waals surface area contributed by atoms with E-state index in [2.05, 4.69) is 0 Å². The second kappa shape index (κ2) is 5.18. The molecule has 0 saturated carbocycles. The SMILES string of the molecule is CC(CC(=O)O)C(O)c1cc(F)c(F)c(F)c1. The molecule has 94 valence electrons. The third kappa shape index (κ3) is 3.20. The summed E-state index contributed by atoms with van der Waals surface area (Å²) in [7, 11) is 0. The van der Waals surface area contributed by atoms with Gasteiger partial charge in [-0.25, -0.2) is 13.2 Å². The second-order valence-corrected chi connectivity index (χ2v) is 3.82. The van der Waals surface area contributed by atoms with E-state index in [9.17, 15) is 23.1 Å². The summed E-state index contributed by atoms with van der Waals surface area (Å²) in [5, 5.41) is 18.2. The van der Waals surface area contributed by atoms with Crippen molar-refractivity contribution in [3.63, 3.8) is 0 Å². The Kier molecular flexibility index (Phi) is 4.11. The number of aliphatic hydroxyl groups is 1. The molecule has 3 nitrogen and oxygen atoms in total. The van der Waals surface area contributed by atoms with E-state index >= 15 is 0 Å². The number of aliphatic carboxylic acids is 1. The average molecular weight is 248 g/mol. The molecule has 6 heteroatoms. The summed E-state index contributed by atoms with van der Waals surface area (Å²) in [6.45, 7) is 1.41. The summed E-state index contributed by atoms with van der Waals surface area (Å²) in [6, 6.07) is 1.31. The lowest BCUT2D eigenvalue weighted by atomic mass is 9.94. The summed E-state index contributed by atoms with van der Waals surface area (Å²) in [5.41, 5.74) is -0.185. The first kappa shape index (κ1) is 13.5. The molecule has 0 aromatic heterocycles. The molecule has 0 aliphatic rings. The van der Waals surface area contributed by atoms with Gasteiger partial charge in [0.1, 0.15) is 0 Å². The van der Waals surface area contributed by atoms with Crippen molar-refractivity contribution in [2.75, 3.05) is 0 Å². The third-order valence-electron chi connectivity index (χ3n) is 2.38. The molecule has 0 amide bonds. The van der Waals surface area contributed by atoms with Gasteiger partial charge in [0.25, 0.3) is 0 Å². The van der Waals surface area contributed by atoms with Gasteiger partial charge < -0.3 is 10.2 Å². The maximum atomic E-state index is 12.9. The zero-order valence-electron chi connectivity index (χ0n) is 8.95. The number of carboxylic acid groups (broad SMARTS) is 1. The highest BCUT2D eigenvalue weighted by molar-refractivity contribution is 5.67. The zero-order valence-corrected chi connectivity index (χ0v) is 8.95. The highest BCUT2D eigenvalue weighted by atomic mass is 19.2. The molecular weight excluding hydrogens is 237 g/mol. The fourth-order valence-corrected chi connectivity index (χ4v) is 1.46. The quantitative estimate of drug-likeness (QED) is 0.803. The number of halogens is 3. The van der Waals surface area contributed by atoms with Crippen LogP contribution < -0.4 is 0 Å². The molecular formula is C11H11F3O3.